The van der Waals surface area contributed by atoms with Crippen molar-refractivity contribution in [3.05, 3.63) is 60.2 Å². The Labute approximate surface area is 163 Å². The van der Waals surface area contributed by atoms with Gasteiger partial charge in [-0.1, -0.05) is 49.4 Å². The summed E-state index contributed by atoms with van der Waals surface area (Å²) in [6, 6.07) is 19.2. The van der Waals surface area contributed by atoms with Crippen molar-refractivity contribution in [2.75, 3.05) is 30.3 Å². The molecule has 2 aromatic rings. The molecule has 0 aromatic heterocycles. The Kier molecular flexibility index (Phi) is 6.88. The molecule has 27 heavy (non-hydrogen) atoms. The van der Waals surface area contributed by atoms with Crippen LogP contribution < -0.4 is 10.6 Å². The maximum absolute atomic E-state index is 11.4. The maximum Gasteiger partial charge on any atom is 0.221 e. The molecule has 1 fully saturated rings. The molecule has 0 radical (unpaired) electrons. The van der Waals surface area contributed by atoms with Crippen LogP contribution >= 0.6 is 0 Å². The van der Waals surface area contributed by atoms with Gasteiger partial charge in [0, 0.05) is 26.1 Å². The van der Waals surface area contributed by atoms with E-state index in [-0.39, 0.29) is 5.91 Å². The van der Waals surface area contributed by atoms with E-state index in [0.717, 1.165) is 43.9 Å². The third kappa shape index (κ3) is 5.83. The number of hydrogen-bond donors (Lipinski definition) is 2. The first-order chi connectivity index (χ1) is 13.1. The second kappa shape index (κ2) is 9.56. The Morgan fingerprint density at radius 3 is 2.33 bits per heavy atom. The minimum Gasteiger partial charge on any atom is -0.381 e. The fraction of sp³-hybridized carbons (Fsp3) is 0.435. The predicted molar refractivity (Wildman–Crippen MR) is 113 cm³/mol. The van der Waals surface area contributed by atoms with Crippen LogP contribution in [0.1, 0.15) is 44.6 Å². The van der Waals surface area contributed by atoms with Crippen LogP contribution in [0.25, 0.3) is 0 Å². The van der Waals surface area contributed by atoms with E-state index in [9.17, 15) is 4.79 Å². The first-order valence-corrected chi connectivity index (χ1v) is 10.0. The molecule has 144 valence electrons. The number of benzene rings is 2. The summed E-state index contributed by atoms with van der Waals surface area (Å²) in [5.41, 5.74) is 3.32. The number of carbonyl (C=O) groups is 1. The SMILES string of the molecule is CC(=O)Nc1ccccc1NC1CCN(CCC(C)c2ccccc2)CC1. The second-order valence-electron chi connectivity index (χ2n) is 7.59. The van der Waals surface area contributed by atoms with Crippen LogP contribution in [0.4, 0.5) is 11.4 Å². The molecule has 0 bridgehead atoms. The van der Waals surface area contributed by atoms with Crippen LogP contribution in [0, 0.1) is 0 Å². The summed E-state index contributed by atoms with van der Waals surface area (Å²) in [5.74, 6) is 0.568. The van der Waals surface area contributed by atoms with Crippen LogP contribution in [-0.2, 0) is 4.79 Å². The normalized spacial score (nSPS) is 16.7. The minimum absolute atomic E-state index is 0.0356. The van der Waals surface area contributed by atoms with Crippen LogP contribution in [0.15, 0.2) is 54.6 Å². The summed E-state index contributed by atoms with van der Waals surface area (Å²) in [5, 5.41) is 6.53. The van der Waals surface area contributed by atoms with E-state index in [1.54, 1.807) is 6.92 Å². The number of anilines is 2. The van der Waals surface area contributed by atoms with Gasteiger partial charge in [0.25, 0.3) is 0 Å². The van der Waals surface area contributed by atoms with Gasteiger partial charge in [0.15, 0.2) is 0 Å². The highest BCUT2D eigenvalue weighted by molar-refractivity contribution is 5.92. The Balaban J connectivity index is 1.45. The van der Waals surface area contributed by atoms with Gasteiger partial charge >= 0.3 is 0 Å². The molecule has 1 unspecified atom stereocenters. The molecule has 1 saturated heterocycles. The van der Waals surface area contributed by atoms with Crippen molar-refractivity contribution < 1.29 is 4.79 Å². The standard InChI is InChI=1S/C23H31N3O/c1-18(20-8-4-3-5-9-20)12-15-26-16-13-21(14-17-26)25-23-11-7-6-10-22(23)24-19(2)27/h3-11,18,21,25H,12-17H2,1-2H3,(H,24,27). The molecule has 0 saturated carbocycles. The van der Waals surface area contributed by atoms with Gasteiger partial charge in [-0.15, -0.1) is 0 Å². The van der Waals surface area contributed by atoms with Crippen LogP contribution in [0.3, 0.4) is 0 Å². The average molecular weight is 366 g/mol. The van der Waals surface area contributed by atoms with Gasteiger partial charge in [0.05, 0.1) is 11.4 Å². The van der Waals surface area contributed by atoms with Gasteiger partial charge in [-0.05, 0) is 49.4 Å². The van der Waals surface area contributed by atoms with Crippen molar-refractivity contribution in [2.24, 2.45) is 0 Å². The number of rotatable bonds is 7. The Hall–Kier alpha value is -2.33. The summed E-state index contributed by atoms with van der Waals surface area (Å²) in [4.78, 5) is 14.0. The van der Waals surface area contributed by atoms with E-state index in [0.29, 0.717) is 12.0 Å². The van der Waals surface area contributed by atoms with Gasteiger partial charge in [0.1, 0.15) is 0 Å². The highest BCUT2D eigenvalue weighted by Gasteiger charge is 2.20. The monoisotopic (exact) mass is 365 g/mol. The molecule has 1 amide bonds. The molecule has 1 aliphatic rings. The zero-order valence-electron chi connectivity index (χ0n) is 16.4. The topological polar surface area (TPSA) is 44.4 Å². The first kappa shape index (κ1) is 19.4. The van der Waals surface area contributed by atoms with Crippen molar-refractivity contribution in [2.45, 2.75) is 45.1 Å². The Morgan fingerprint density at radius 2 is 1.67 bits per heavy atom. The Morgan fingerprint density at radius 1 is 1.04 bits per heavy atom. The molecule has 2 N–H and O–H groups in total. The summed E-state index contributed by atoms with van der Waals surface area (Å²) >= 11 is 0. The quantitative estimate of drug-likeness (QED) is 0.746. The second-order valence-corrected chi connectivity index (χ2v) is 7.59. The zero-order chi connectivity index (χ0) is 19.1. The highest BCUT2D eigenvalue weighted by Crippen LogP contribution is 2.25. The van der Waals surface area contributed by atoms with Gasteiger partial charge < -0.3 is 15.5 Å². The van der Waals surface area contributed by atoms with E-state index in [4.69, 9.17) is 0 Å². The lowest BCUT2D eigenvalue weighted by Crippen LogP contribution is -2.39. The number of nitrogens with one attached hydrogen (secondary N) is 2. The molecule has 4 nitrogen and oxygen atoms in total. The van der Waals surface area contributed by atoms with Gasteiger partial charge in [-0.25, -0.2) is 0 Å². The summed E-state index contributed by atoms with van der Waals surface area (Å²) < 4.78 is 0. The number of carbonyl (C=O) groups excluding carboxylic acids is 1. The largest absolute Gasteiger partial charge is 0.381 e. The minimum atomic E-state index is -0.0356. The summed E-state index contributed by atoms with van der Waals surface area (Å²) in [7, 11) is 0. The zero-order valence-corrected chi connectivity index (χ0v) is 16.4. The lowest BCUT2D eigenvalue weighted by Gasteiger charge is -2.33. The molecule has 2 aromatic carbocycles. The van der Waals surface area contributed by atoms with E-state index in [1.807, 2.05) is 24.3 Å². The smallest absolute Gasteiger partial charge is 0.221 e. The van der Waals surface area contributed by atoms with Crippen LogP contribution in [-0.4, -0.2) is 36.5 Å². The maximum atomic E-state index is 11.4. The molecular weight excluding hydrogens is 334 g/mol. The predicted octanol–water partition coefficient (Wildman–Crippen LogP) is 4.72. The molecular formula is C23H31N3O. The lowest BCUT2D eigenvalue weighted by molar-refractivity contribution is -0.114. The van der Waals surface area contributed by atoms with E-state index < -0.39 is 0 Å². The molecule has 1 atom stereocenters. The van der Waals surface area contributed by atoms with Crippen molar-refractivity contribution in [1.82, 2.24) is 4.90 Å². The summed E-state index contributed by atoms with van der Waals surface area (Å²) in [6.07, 6.45) is 3.47. The number of nitrogens with zero attached hydrogens (tertiary/aromatic N) is 1. The molecule has 3 rings (SSSR count). The van der Waals surface area contributed by atoms with Gasteiger partial charge in [-0.3, -0.25) is 4.79 Å². The molecule has 0 spiro atoms. The number of likely N-dealkylation sites (tertiary alicyclic amines) is 1. The van der Waals surface area contributed by atoms with Gasteiger partial charge in [0.2, 0.25) is 5.91 Å². The highest BCUT2D eigenvalue weighted by atomic mass is 16.1. The number of piperidine rings is 1. The van der Waals surface area contributed by atoms with E-state index in [2.05, 4.69) is 52.8 Å². The lowest BCUT2D eigenvalue weighted by atomic mass is 9.97. The molecule has 1 aliphatic heterocycles. The van der Waals surface area contributed by atoms with Gasteiger partial charge in [-0.2, -0.15) is 0 Å². The van der Waals surface area contributed by atoms with Crippen molar-refractivity contribution >= 4 is 17.3 Å². The van der Waals surface area contributed by atoms with Crippen LogP contribution in [0.5, 0.6) is 0 Å². The number of amides is 1. The van der Waals surface area contributed by atoms with Crippen molar-refractivity contribution in [3.63, 3.8) is 0 Å². The first-order valence-electron chi connectivity index (χ1n) is 10.0. The average Bonchev–Trinajstić information content (AvgIpc) is 2.69. The fourth-order valence-corrected chi connectivity index (χ4v) is 3.75. The van der Waals surface area contributed by atoms with E-state index in [1.165, 1.54) is 12.0 Å². The molecule has 4 heteroatoms. The third-order valence-corrected chi connectivity index (χ3v) is 5.43. The van der Waals surface area contributed by atoms with Crippen molar-refractivity contribution in [1.29, 1.82) is 0 Å². The Bertz CT molecular complexity index is 723. The van der Waals surface area contributed by atoms with E-state index >= 15 is 0 Å². The molecule has 1 heterocycles. The third-order valence-electron chi connectivity index (χ3n) is 5.43. The fourth-order valence-electron chi connectivity index (χ4n) is 3.75. The number of para-hydroxylation sites is 2. The summed E-state index contributed by atoms with van der Waals surface area (Å²) in [6.45, 7) is 7.28. The van der Waals surface area contributed by atoms with Crippen LogP contribution in [0.2, 0.25) is 0 Å². The molecule has 0 aliphatic carbocycles. The number of hydrogen-bond acceptors (Lipinski definition) is 3. The van der Waals surface area contributed by atoms with Crippen molar-refractivity contribution in [3.8, 4) is 0 Å².